The normalized spacial score (nSPS) is 17.6. The molecule has 1 aliphatic heterocycles. The molecule has 1 aromatic rings. The van der Waals surface area contributed by atoms with Gasteiger partial charge in [-0.3, -0.25) is 14.3 Å². The summed E-state index contributed by atoms with van der Waals surface area (Å²) in [6, 6.07) is -0.174. The Morgan fingerprint density at radius 3 is 2.16 bits per heavy atom. The zero-order chi connectivity index (χ0) is 18.9. The fourth-order valence-corrected chi connectivity index (χ4v) is 4.17. The highest BCUT2D eigenvalue weighted by Crippen LogP contribution is 2.21. The number of carbonyl (C=O) groups is 2. The van der Waals surface area contributed by atoms with E-state index >= 15 is 0 Å². The zero-order valence-electron chi connectivity index (χ0n) is 15.4. The van der Waals surface area contributed by atoms with Crippen LogP contribution < -0.4 is 0 Å². The molecule has 1 saturated heterocycles. The maximum atomic E-state index is 12.5. The fourth-order valence-electron chi connectivity index (χ4n) is 3.34. The summed E-state index contributed by atoms with van der Waals surface area (Å²) < 4.78 is 26.2. The maximum Gasteiger partial charge on any atom is 0.224 e. The van der Waals surface area contributed by atoms with Crippen LogP contribution in [0.2, 0.25) is 0 Å². The van der Waals surface area contributed by atoms with Crippen molar-refractivity contribution < 1.29 is 18.0 Å². The predicted octanol–water partition coefficient (Wildman–Crippen LogP) is 0.757. The summed E-state index contributed by atoms with van der Waals surface area (Å²) in [7, 11) is -3.21. The van der Waals surface area contributed by atoms with Crippen LogP contribution in [-0.2, 0) is 14.8 Å². The molecular formula is C16H26N4O4S. The van der Waals surface area contributed by atoms with Crippen molar-refractivity contribution in [2.45, 2.75) is 40.2 Å². The molecule has 2 rings (SSSR count). The van der Waals surface area contributed by atoms with Gasteiger partial charge in [0.25, 0.3) is 0 Å². The minimum Gasteiger partial charge on any atom is -0.340 e. The summed E-state index contributed by atoms with van der Waals surface area (Å²) in [5.74, 6) is -0.0609. The molecule has 0 spiro atoms. The Labute approximate surface area is 148 Å². The van der Waals surface area contributed by atoms with E-state index in [-0.39, 0.29) is 24.2 Å². The van der Waals surface area contributed by atoms with E-state index in [0.29, 0.717) is 37.4 Å². The first kappa shape index (κ1) is 19.6. The summed E-state index contributed by atoms with van der Waals surface area (Å²) in [5, 5.41) is 4.41. The lowest BCUT2D eigenvalue weighted by atomic mass is 10.1. The lowest BCUT2D eigenvalue weighted by Crippen LogP contribution is -2.50. The monoisotopic (exact) mass is 370 g/mol. The molecule has 1 atom stereocenters. The van der Waals surface area contributed by atoms with Gasteiger partial charge in [0, 0.05) is 38.3 Å². The second-order valence-electron chi connectivity index (χ2n) is 6.64. The van der Waals surface area contributed by atoms with E-state index in [1.165, 1.54) is 17.5 Å². The van der Waals surface area contributed by atoms with Crippen molar-refractivity contribution in [1.29, 1.82) is 0 Å². The van der Waals surface area contributed by atoms with Crippen LogP contribution in [-0.4, -0.2) is 71.5 Å². The summed E-state index contributed by atoms with van der Waals surface area (Å²) in [6.07, 6.45) is 1.44. The first-order valence-corrected chi connectivity index (χ1v) is 10.2. The topological polar surface area (TPSA) is 92.6 Å². The van der Waals surface area contributed by atoms with Crippen LogP contribution in [0.5, 0.6) is 0 Å². The summed E-state index contributed by atoms with van der Waals surface area (Å²) >= 11 is 0. The molecule has 25 heavy (non-hydrogen) atoms. The van der Waals surface area contributed by atoms with Crippen molar-refractivity contribution in [2.24, 2.45) is 0 Å². The van der Waals surface area contributed by atoms with Gasteiger partial charge >= 0.3 is 0 Å². The second-order valence-corrected chi connectivity index (χ2v) is 8.62. The number of rotatable bonds is 5. The van der Waals surface area contributed by atoms with Crippen molar-refractivity contribution in [3.8, 4) is 0 Å². The van der Waals surface area contributed by atoms with Crippen LogP contribution in [0.1, 0.15) is 48.1 Å². The smallest absolute Gasteiger partial charge is 0.224 e. The van der Waals surface area contributed by atoms with E-state index in [1.807, 2.05) is 13.8 Å². The van der Waals surface area contributed by atoms with Gasteiger partial charge in [-0.05, 0) is 27.7 Å². The fraction of sp³-hybridized carbons (Fsp3) is 0.688. The molecule has 1 aliphatic rings. The SMILES string of the molecule is CC(=O)c1c(C)nn([C@@H](C)CC(=O)N2CCN(S(C)(=O)=O)CC2)c1C. The van der Waals surface area contributed by atoms with Crippen LogP contribution >= 0.6 is 0 Å². The summed E-state index contributed by atoms with van der Waals surface area (Å²) in [4.78, 5) is 25.9. The molecule has 0 aromatic carbocycles. The lowest BCUT2D eigenvalue weighted by Gasteiger charge is -2.33. The van der Waals surface area contributed by atoms with E-state index in [4.69, 9.17) is 0 Å². The van der Waals surface area contributed by atoms with E-state index in [0.717, 1.165) is 5.69 Å². The van der Waals surface area contributed by atoms with E-state index in [2.05, 4.69) is 5.10 Å². The molecule has 0 unspecified atom stereocenters. The zero-order valence-corrected chi connectivity index (χ0v) is 16.3. The Morgan fingerprint density at radius 1 is 1.16 bits per heavy atom. The van der Waals surface area contributed by atoms with Gasteiger partial charge in [-0.15, -0.1) is 0 Å². The summed E-state index contributed by atoms with van der Waals surface area (Å²) in [6.45, 7) is 8.48. The number of Topliss-reactive ketones (excluding diaryl/α,β-unsaturated/α-hetero) is 1. The molecule has 0 aliphatic carbocycles. The van der Waals surface area contributed by atoms with E-state index in [9.17, 15) is 18.0 Å². The molecule has 0 radical (unpaired) electrons. The van der Waals surface area contributed by atoms with Crippen molar-refractivity contribution in [3.63, 3.8) is 0 Å². The Kier molecular flexibility index (Phi) is 5.68. The number of hydrogen-bond acceptors (Lipinski definition) is 5. The standard InChI is InChI=1S/C16H26N4O4S/c1-11(20-13(3)16(14(4)21)12(2)17-20)10-15(22)18-6-8-19(9-7-18)25(5,23)24/h11H,6-10H2,1-5H3/t11-/m0/s1. The first-order valence-electron chi connectivity index (χ1n) is 8.32. The molecule has 9 heteroatoms. The molecule has 1 amide bonds. The minimum absolute atomic E-state index is 0.0300. The quantitative estimate of drug-likeness (QED) is 0.714. The van der Waals surface area contributed by atoms with Crippen LogP contribution in [0.3, 0.4) is 0 Å². The van der Waals surface area contributed by atoms with Gasteiger partial charge in [0.15, 0.2) is 5.78 Å². The number of carbonyl (C=O) groups excluding carboxylic acids is 2. The number of ketones is 1. The Hall–Kier alpha value is -1.74. The summed E-state index contributed by atoms with van der Waals surface area (Å²) in [5.41, 5.74) is 2.05. The Bertz CT molecular complexity index is 776. The highest BCUT2D eigenvalue weighted by Gasteiger charge is 2.27. The second kappa shape index (κ2) is 7.25. The van der Waals surface area contributed by atoms with Gasteiger partial charge < -0.3 is 4.90 Å². The molecule has 0 N–H and O–H groups in total. The van der Waals surface area contributed by atoms with Gasteiger partial charge in [0.1, 0.15) is 0 Å². The maximum absolute atomic E-state index is 12.5. The van der Waals surface area contributed by atoms with Crippen LogP contribution in [0.4, 0.5) is 0 Å². The number of amides is 1. The third-order valence-electron chi connectivity index (χ3n) is 4.62. The van der Waals surface area contributed by atoms with Crippen LogP contribution in [0, 0.1) is 13.8 Å². The van der Waals surface area contributed by atoms with Crippen molar-refractivity contribution in [1.82, 2.24) is 19.0 Å². The average Bonchev–Trinajstić information content (AvgIpc) is 2.81. The highest BCUT2D eigenvalue weighted by molar-refractivity contribution is 7.88. The molecule has 1 fully saturated rings. The molecule has 8 nitrogen and oxygen atoms in total. The molecule has 0 bridgehead atoms. The van der Waals surface area contributed by atoms with Gasteiger partial charge in [0.05, 0.1) is 23.6 Å². The largest absolute Gasteiger partial charge is 0.340 e. The van der Waals surface area contributed by atoms with Crippen molar-refractivity contribution in [2.75, 3.05) is 32.4 Å². The van der Waals surface area contributed by atoms with Gasteiger partial charge in [0.2, 0.25) is 15.9 Å². The number of aryl methyl sites for hydroxylation is 1. The third kappa shape index (κ3) is 4.27. The van der Waals surface area contributed by atoms with Crippen LogP contribution in [0.15, 0.2) is 0 Å². The molecule has 140 valence electrons. The Morgan fingerprint density at radius 2 is 1.72 bits per heavy atom. The van der Waals surface area contributed by atoms with E-state index < -0.39 is 10.0 Å². The predicted molar refractivity (Wildman–Crippen MR) is 94.0 cm³/mol. The molecule has 0 saturated carbocycles. The molecule has 2 heterocycles. The third-order valence-corrected chi connectivity index (χ3v) is 5.93. The number of sulfonamides is 1. The van der Waals surface area contributed by atoms with Gasteiger partial charge in [-0.2, -0.15) is 9.40 Å². The van der Waals surface area contributed by atoms with Crippen molar-refractivity contribution >= 4 is 21.7 Å². The number of nitrogens with zero attached hydrogens (tertiary/aromatic N) is 4. The average molecular weight is 370 g/mol. The Balaban J connectivity index is 2.02. The van der Waals surface area contributed by atoms with Crippen molar-refractivity contribution in [3.05, 3.63) is 17.0 Å². The highest BCUT2D eigenvalue weighted by atomic mass is 32.2. The molecule has 1 aromatic heterocycles. The van der Waals surface area contributed by atoms with Gasteiger partial charge in [-0.1, -0.05) is 0 Å². The number of piperazine rings is 1. The first-order chi connectivity index (χ1) is 11.5. The molecular weight excluding hydrogens is 344 g/mol. The minimum atomic E-state index is -3.21. The number of aromatic nitrogens is 2. The van der Waals surface area contributed by atoms with Gasteiger partial charge in [-0.25, -0.2) is 8.42 Å². The number of hydrogen-bond donors (Lipinski definition) is 0. The van der Waals surface area contributed by atoms with E-state index in [1.54, 1.807) is 16.5 Å². The van der Waals surface area contributed by atoms with Crippen LogP contribution in [0.25, 0.3) is 0 Å². The lowest BCUT2D eigenvalue weighted by molar-refractivity contribution is -0.133.